The first-order valence-electron chi connectivity index (χ1n) is 10.6. The molecule has 5 rings (SSSR count). The molecule has 2 heterocycles. The SMILES string of the molecule is Cc1nc(-c2ccccc2O)nc(-c2ccccc2-c2nc(C)nc(-c3ccccc3O)n2)n1. The van der Waals surface area contributed by atoms with E-state index in [1.54, 1.807) is 50.2 Å². The van der Waals surface area contributed by atoms with Gasteiger partial charge in [0.2, 0.25) is 0 Å². The van der Waals surface area contributed by atoms with E-state index in [0.29, 0.717) is 57.2 Å². The number of phenols is 2. The summed E-state index contributed by atoms with van der Waals surface area (Å²) < 4.78 is 0. The molecule has 0 atom stereocenters. The Morgan fingerprint density at radius 1 is 0.412 bits per heavy atom. The van der Waals surface area contributed by atoms with Crippen molar-refractivity contribution in [3.05, 3.63) is 84.4 Å². The van der Waals surface area contributed by atoms with E-state index in [0.717, 1.165) is 0 Å². The summed E-state index contributed by atoms with van der Waals surface area (Å²) in [5.74, 6) is 2.82. The average molecular weight is 448 g/mol. The smallest absolute Gasteiger partial charge is 0.167 e. The zero-order chi connectivity index (χ0) is 23.7. The molecule has 0 saturated heterocycles. The number of hydrogen-bond acceptors (Lipinski definition) is 8. The fraction of sp³-hybridized carbons (Fsp3) is 0.0769. The lowest BCUT2D eigenvalue weighted by Gasteiger charge is -2.11. The van der Waals surface area contributed by atoms with Crippen molar-refractivity contribution in [1.29, 1.82) is 0 Å². The van der Waals surface area contributed by atoms with Crippen LogP contribution in [0.3, 0.4) is 0 Å². The largest absolute Gasteiger partial charge is 0.507 e. The molecular weight excluding hydrogens is 428 g/mol. The summed E-state index contributed by atoms with van der Waals surface area (Å²) >= 11 is 0. The highest BCUT2D eigenvalue weighted by Gasteiger charge is 2.18. The lowest BCUT2D eigenvalue weighted by Crippen LogP contribution is -2.03. The molecule has 3 aromatic carbocycles. The minimum absolute atomic E-state index is 0.0905. The topological polar surface area (TPSA) is 118 Å². The van der Waals surface area contributed by atoms with Gasteiger partial charge in [-0.05, 0) is 38.1 Å². The van der Waals surface area contributed by atoms with Crippen molar-refractivity contribution < 1.29 is 10.2 Å². The maximum atomic E-state index is 10.3. The van der Waals surface area contributed by atoms with Crippen LogP contribution in [0.25, 0.3) is 45.6 Å². The molecule has 8 nitrogen and oxygen atoms in total. The first kappa shape index (κ1) is 21.1. The van der Waals surface area contributed by atoms with E-state index in [4.69, 9.17) is 0 Å². The van der Waals surface area contributed by atoms with Crippen molar-refractivity contribution in [1.82, 2.24) is 29.9 Å². The Hall–Kier alpha value is -4.72. The molecule has 34 heavy (non-hydrogen) atoms. The highest BCUT2D eigenvalue weighted by atomic mass is 16.3. The second-order valence-corrected chi connectivity index (χ2v) is 7.64. The van der Waals surface area contributed by atoms with Gasteiger partial charge < -0.3 is 10.2 Å². The van der Waals surface area contributed by atoms with Gasteiger partial charge in [-0.1, -0.05) is 48.5 Å². The zero-order valence-electron chi connectivity index (χ0n) is 18.5. The molecule has 0 unspecified atom stereocenters. The van der Waals surface area contributed by atoms with Crippen LogP contribution in [0.15, 0.2) is 72.8 Å². The summed E-state index contributed by atoms with van der Waals surface area (Å²) in [6.07, 6.45) is 0. The Morgan fingerprint density at radius 3 is 1.06 bits per heavy atom. The van der Waals surface area contributed by atoms with E-state index in [1.807, 2.05) is 36.4 Å². The summed E-state index contributed by atoms with van der Waals surface area (Å²) in [6.45, 7) is 3.56. The number of phenolic OH excluding ortho intramolecular Hbond substituents is 2. The Morgan fingerprint density at radius 2 is 0.706 bits per heavy atom. The molecule has 0 aliphatic heterocycles. The summed E-state index contributed by atoms with van der Waals surface area (Å²) in [6, 6.07) is 21.4. The Bertz CT molecular complexity index is 1410. The van der Waals surface area contributed by atoms with Crippen molar-refractivity contribution in [2.24, 2.45) is 0 Å². The molecule has 0 saturated carbocycles. The fourth-order valence-corrected chi connectivity index (χ4v) is 3.64. The highest BCUT2D eigenvalue weighted by Crippen LogP contribution is 2.33. The first-order valence-corrected chi connectivity index (χ1v) is 10.6. The Balaban J connectivity index is 1.67. The average Bonchev–Trinajstić information content (AvgIpc) is 2.84. The third-order valence-electron chi connectivity index (χ3n) is 5.19. The molecule has 0 aliphatic carbocycles. The number of aromatic hydroxyl groups is 2. The maximum absolute atomic E-state index is 10.3. The van der Waals surface area contributed by atoms with Crippen molar-refractivity contribution in [3.8, 4) is 57.1 Å². The van der Waals surface area contributed by atoms with Crippen LogP contribution in [0, 0.1) is 13.8 Å². The minimum Gasteiger partial charge on any atom is -0.507 e. The second kappa shape index (κ2) is 8.67. The van der Waals surface area contributed by atoms with Gasteiger partial charge in [-0.2, -0.15) is 0 Å². The van der Waals surface area contributed by atoms with Crippen LogP contribution < -0.4 is 0 Å². The Kier molecular flexibility index (Phi) is 5.39. The van der Waals surface area contributed by atoms with Gasteiger partial charge in [0.15, 0.2) is 23.3 Å². The van der Waals surface area contributed by atoms with Crippen molar-refractivity contribution >= 4 is 0 Å². The minimum atomic E-state index is 0.0905. The number of aromatic nitrogens is 6. The third-order valence-corrected chi connectivity index (χ3v) is 5.19. The molecule has 0 aliphatic rings. The first-order chi connectivity index (χ1) is 16.5. The summed E-state index contributed by atoms with van der Waals surface area (Å²) in [4.78, 5) is 27.2. The summed E-state index contributed by atoms with van der Waals surface area (Å²) in [5, 5.41) is 20.6. The summed E-state index contributed by atoms with van der Waals surface area (Å²) in [5.41, 5.74) is 2.45. The quantitative estimate of drug-likeness (QED) is 0.404. The van der Waals surface area contributed by atoms with Gasteiger partial charge in [-0.25, -0.2) is 29.9 Å². The van der Waals surface area contributed by atoms with Crippen molar-refractivity contribution in [3.63, 3.8) is 0 Å². The zero-order valence-corrected chi connectivity index (χ0v) is 18.5. The monoisotopic (exact) mass is 448 g/mol. The molecule has 0 bridgehead atoms. The van der Waals surface area contributed by atoms with E-state index in [9.17, 15) is 10.2 Å². The van der Waals surface area contributed by atoms with Crippen LogP contribution in [0.5, 0.6) is 11.5 Å². The van der Waals surface area contributed by atoms with E-state index in [2.05, 4.69) is 29.9 Å². The number of rotatable bonds is 4. The van der Waals surface area contributed by atoms with Gasteiger partial charge in [0.05, 0.1) is 11.1 Å². The molecule has 5 aromatic rings. The molecule has 0 spiro atoms. The lowest BCUT2D eigenvalue weighted by molar-refractivity contribution is 0.476. The van der Waals surface area contributed by atoms with Gasteiger partial charge in [-0.3, -0.25) is 0 Å². The van der Waals surface area contributed by atoms with E-state index in [-0.39, 0.29) is 11.5 Å². The van der Waals surface area contributed by atoms with E-state index < -0.39 is 0 Å². The molecule has 0 amide bonds. The molecule has 2 aromatic heterocycles. The summed E-state index contributed by atoms with van der Waals surface area (Å²) in [7, 11) is 0. The standard InChI is InChI=1S/C26H20N6O2/c1-15-27-23(31-25(29-15)19-11-5-7-13-21(19)33)17-9-3-4-10-18(17)24-28-16(2)30-26(32-24)20-12-6-8-14-22(20)34/h3-14,33-34H,1-2H3. The van der Waals surface area contributed by atoms with E-state index in [1.165, 1.54) is 0 Å². The van der Waals surface area contributed by atoms with Crippen molar-refractivity contribution in [2.45, 2.75) is 13.8 Å². The predicted molar refractivity (Wildman–Crippen MR) is 128 cm³/mol. The Labute approximate surface area is 195 Å². The van der Waals surface area contributed by atoms with Crippen LogP contribution in [-0.4, -0.2) is 40.1 Å². The lowest BCUT2D eigenvalue weighted by atomic mass is 10.1. The number of benzene rings is 3. The van der Waals surface area contributed by atoms with Crippen molar-refractivity contribution in [2.75, 3.05) is 0 Å². The number of hydrogen-bond donors (Lipinski definition) is 2. The number of aryl methyl sites for hydroxylation is 2. The van der Waals surface area contributed by atoms with Crippen LogP contribution in [0.2, 0.25) is 0 Å². The van der Waals surface area contributed by atoms with Crippen LogP contribution in [0.4, 0.5) is 0 Å². The molecule has 8 heteroatoms. The maximum Gasteiger partial charge on any atom is 0.167 e. The second-order valence-electron chi connectivity index (χ2n) is 7.64. The number of nitrogens with zero attached hydrogens (tertiary/aromatic N) is 6. The number of para-hydroxylation sites is 2. The molecule has 2 N–H and O–H groups in total. The molecular formula is C26H20N6O2. The van der Waals surface area contributed by atoms with Crippen LogP contribution in [0.1, 0.15) is 11.6 Å². The van der Waals surface area contributed by atoms with Crippen LogP contribution in [-0.2, 0) is 0 Å². The highest BCUT2D eigenvalue weighted by molar-refractivity contribution is 5.79. The van der Waals surface area contributed by atoms with Gasteiger partial charge in [0.1, 0.15) is 23.1 Å². The van der Waals surface area contributed by atoms with Gasteiger partial charge in [0.25, 0.3) is 0 Å². The molecule has 0 radical (unpaired) electrons. The normalized spacial score (nSPS) is 10.9. The van der Waals surface area contributed by atoms with Gasteiger partial charge in [-0.15, -0.1) is 0 Å². The molecule has 166 valence electrons. The molecule has 0 fully saturated rings. The van der Waals surface area contributed by atoms with E-state index >= 15 is 0 Å². The van der Waals surface area contributed by atoms with Crippen LogP contribution >= 0.6 is 0 Å². The van der Waals surface area contributed by atoms with Gasteiger partial charge in [0, 0.05) is 11.1 Å². The third kappa shape index (κ3) is 4.04. The fourth-order valence-electron chi connectivity index (χ4n) is 3.64. The van der Waals surface area contributed by atoms with Gasteiger partial charge >= 0.3 is 0 Å². The predicted octanol–water partition coefficient (Wildman–Crippen LogP) is 4.75.